The topological polar surface area (TPSA) is 157 Å². The molecule has 3 aromatic carbocycles. The van der Waals surface area contributed by atoms with Crippen LogP contribution in [0.2, 0.25) is 0 Å². The van der Waals surface area contributed by atoms with Gasteiger partial charge in [-0.1, -0.05) is 120 Å². The third-order valence-corrected chi connectivity index (χ3v) is 15.3. The summed E-state index contributed by atoms with van der Waals surface area (Å²) in [6, 6.07) is 15.2. The Hall–Kier alpha value is -4.00. The highest BCUT2D eigenvalue weighted by molar-refractivity contribution is 7.92. The largest absolute Gasteiger partial charge is 0.416 e. The number of fused-ring (bicyclic) bond motifs is 1. The zero-order valence-electron chi connectivity index (χ0n) is 34.1. The van der Waals surface area contributed by atoms with Crippen LogP contribution in [-0.4, -0.2) is 69.8 Å². The summed E-state index contributed by atoms with van der Waals surface area (Å²) in [5.74, 6) is -6.14. The van der Waals surface area contributed by atoms with E-state index in [-0.39, 0.29) is 29.0 Å². The normalized spacial score (nSPS) is 15.4. The molecule has 0 bridgehead atoms. The van der Waals surface area contributed by atoms with Gasteiger partial charge in [-0.05, 0) is 53.4 Å². The Morgan fingerprint density at radius 1 is 0.820 bits per heavy atom. The second-order valence-corrected chi connectivity index (χ2v) is 20.8. The van der Waals surface area contributed by atoms with Gasteiger partial charge in [-0.2, -0.15) is 13.2 Å². The fourth-order valence-corrected chi connectivity index (χ4v) is 11.5. The minimum atomic E-state index is -4.76. The van der Waals surface area contributed by atoms with Gasteiger partial charge in [-0.25, -0.2) is 35.7 Å². The van der Waals surface area contributed by atoms with Crippen molar-refractivity contribution >= 4 is 53.2 Å². The summed E-state index contributed by atoms with van der Waals surface area (Å²) in [5.41, 5.74) is 0.578. The molecule has 0 spiro atoms. The van der Waals surface area contributed by atoms with Gasteiger partial charge in [0.1, 0.15) is 5.01 Å². The molecule has 10 nitrogen and oxygen atoms in total. The quantitative estimate of drug-likeness (QED) is 0.0555. The summed E-state index contributed by atoms with van der Waals surface area (Å²) in [5, 5.41) is 7.51. The van der Waals surface area contributed by atoms with Gasteiger partial charge in [-0.15, -0.1) is 11.3 Å². The summed E-state index contributed by atoms with van der Waals surface area (Å²) in [4.78, 5) is 32.9. The highest BCUT2D eigenvalue weighted by Crippen LogP contribution is 2.43. The molecule has 2 heterocycles. The lowest BCUT2D eigenvalue weighted by Crippen LogP contribution is -2.58. The van der Waals surface area contributed by atoms with Crippen LogP contribution in [0.15, 0.2) is 66.7 Å². The highest BCUT2D eigenvalue weighted by atomic mass is 32.2. The maximum absolute atomic E-state index is 14.9. The molecule has 1 saturated heterocycles. The number of benzene rings is 3. The van der Waals surface area contributed by atoms with Gasteiger partial charge < -0.3 is 10.2 Å². The third kappa shape index (κ3) is 12.8. The molecule has 0 saturated carbocycles. The maximum atomic E-state index is 14.9. The lowest BCUT2D eigenvalue weighted by atomic mass is 9.98. The number of nitrogens with two attached hydrogens (primary N) is 1. The lowest BCUT2D eigenvalue weighted by Gasteiger charge is -2.38. The third-order valence-electron chi connectivity index (χ3n) is 10.9. The van der Waals surface area contributed by atoms with Crippen LogP contribution < -0.4 is 10.5 Å². The maximum Gasteiger partial charge on any atom is 0.416 e. The number of primary sulfonamides is 1. The highest BCUT2D eigenvalue weighted by Gasteiger charge is 2.54. The molecule has 4 aromatic rings. The van der Waals surface area contributed by atoms with Crippen molar-refractivity contribution < 1.29 is 48.4 Å². The van der Waals surface area contributed by atoms with Gasteiger partial charge in [0.2, 0.25) is 20.7 Å². The fraction of sp³-hybridized carbons (Fsp3) is 0.512. The van der Waals surface area contributed by atoms with Crippen LogP contribution in [0.1, 0.15) is 117 Å². The van der Waals surface area contributed by atoms with Gasteiger partial charge in [0, 0.05) is 12.1 Å². The molecule has 1 aromatic heterocycles. The zero-order chi connectivity index (χ0) is 44.5. The molecule has 18 heteroatoms. The monoisotopic (exact) mass is 912 g/mol. The first-order chi connectivity index (χ1) is 28.7. The number of halogens is 5. The molecule has 1 aliphatic heterocycles. The molecule has 1 aliphatic rings. The summed E-state index contributed by atoms with van der Waals surface area (Å²) in [6.07, 6.45) is 6.62. The van der Waals surface area contributed by atoms with Crippen LogP contribution in [0, 0.1) is 0 Å². The van der Waals surface area contributed by atoms with Gasteiger partial charge in [0.15, 0.2) is 9.84 Å². The van der Waals surface area contributed by atoms with E-state index in [1.54, 1.807) is 30.3 Å². The molecular formula is C43H53F5N4O6S3. The number of thiazole rings is 1. The predicted octanol–water partition coefficient (Wildman–Crippen LogP) is 9.38. The lowest BCUT2D eigenvalue weighted by molar-refractivity contribution is -0.137. The van der Waals surface area contributed by atoms with Crippen molar-refractivity contribution in [2.75, 3.05) is 25.4 Å². The van der Waals surface area contributed by atoms with Crippen LogP contribution in [0.25, 0.3) is 21.3 Å². The first kappa shape index (κ1) is 48.0. The first-order valence-electron chi connectivity index (χ1n) is 20.6. The number of sulfone groups is 1. The van der Waals surface area contributed by atoms with Crippen molar-refractivity contribution in [3.8, 4) is 11.1 Å². The van der Waals surface area contributed by atoms with Gasteiger partial charge in [0.25, 0.3) is 11.8 Å². The zero-order valence-corrected chi connectivity index (χ0v) is 36.6. The van der Waals surface area contributed by atoms with Crippen LogP contribution in [0.4, 0.5) is 22.0 Å². The minimum Gasteiger partial charge on any atom is -0.353 e. The molecule has 0 radical (unpaired) electrons. The van der Waals surface area contributed by atoms with E-state index in [4.69, 9.17) is 5.14 Å². The average molecular weight is 913 g/mol. The van der Waals surface area contributed by atoms with E-state index >= 15 is 0 Å². The number of unbranched alkanes of at least 4 members (excludes halogenated alkanes) is 11. The minimum absolute atomic E-state index is 0.130. The number of aromatic nitrogens is 1. The van der Waals surface area contributed by atoms with Crippen LogP contribution in [0.3, 0.4) is 0 Å². The Labute approximate surface area is 358 Å². The number of nitrogens with one attached hydrogen (secondary N) is 1. The fourth-order valence-electron chi connectivity index (χ4n) is 7.51. The average Bonchev–Trinajstić information content (AvgIpc) is 3.61. The summed E-state index contributed by atoms with van der Waals surface area (Å²) >= 11 is 0.926. The number of sulfonamides is 1. The number of hydrogen-bond acceptors (Lipinski definition) is 8. The van der Waals surface area contributed by atoms with Crippen molar-refractivity contribution in [2.24, 2.45) is 5.14 Å². The number of alkyl halides is 5. The molecule has 0 aliphatic carbocycles. The van der Waals surface area contributed by atoms with E-state index in [2.05, 4.69) is 17.2 Å². The van der Waals surface area contributed by atoms with E-state index in [0.29, 0.717) is 27.8 Å². The number of rotatable bonds is 23. The molecule has 1 atom stereocenters. The number of hydrogen-bond donors (Lipinski definition) is 2. The van der Waals surface area contributed by atoms with E-state index < -0.39 is 85.2 Å². The molecule has 1 unspecified atom stereocenters. The summed E-state index contributed by atoms with van der Waals surface area (Å²) in [6.45, 7) is 0.342. The van der Waals surface area contributed by atoms with Crippen molar-refractivity contribution in [3.05, 3.63) is 88.4 Å². The summed E-state index contributed by atoms with van der Waals surface area (Å²) in [7, 11) is -8.84. The number of carbonyl (C=O) groups is 2. The SMILES string of the molecule is CCCCCCCCCCCCCCC(C(=O)NCCS(N)(=O)=O)(c1nc2ccc(-c3ccc(C(=O)N4CC(F)(F)C4)cc3)cc2s1)S(=O)(=O)Cc1cccc(C(F)(F)F)c1. The van der Waals surface area contributed by atoms with Gasteiger partial charge in [-0.3, -0.25) is 9.59 Å². The standard InChI is InChI=1S/C43H53F5N4O6S3/c1-2-3-4-5-6-7-8-9-10-11-12-13-23-42(39(54)50-24-25-61(49,57)58,60(55,56)28-31-15-14-16-35(26-31)43(46,47)48)40-51-36-22-21-34(27-37(36)59-40)32-17-19-33(20-18-32)38(53)52-29-41(44,45)30-52/h14-22,26-27H,2-13,23-25,28-30H2,1H3,(H,50,54)(H2,49,57,58). The van der Waals surface area contributed by atoms with Crippen molar-refractivity contribution in [2.45, 2.75) is 113 Å². The molecule has 61 heavy (non-hydrogen) atoms. The number of carbonyl (C=O) groups excluding carboxylic acids is 2. The van der Waals surface area contributed by atoms with Crippen LogP contribution in [0.5, 0.6) is 0 Å². The Morgan fingerprint density at radius 3 is 1.98 bits per heavy atom. The molecule has 1 fully saturated rings. The second-order valence-electron chi connectivity index (χ2n) is 15.8. The number of amides is 2. The number of likely N-dealkylation sites (tertiary alicyclic amines) is 1. The second kappa shape index (κ2) is 20.5. The van der Waals surface area contributed by atoms with E-state index in [0.717, 1.165) is 66.5 Å². The Bertz CT molecular complexity index is 2350. The van der Waals surface area contributed by atoms with E-state index in [1.807, 2.05) is 0 Å². The molecular weight excluding hydrogens is 860 g/mol. The molecule has 5 rings (SSSR count). The number of nitrogens with zero attached hydrogens (tertiary/aromatic N) is 2. The van der Waals surface area contributed by atoms with Crippen LogP contribution in [-0.2, 0) is 41.3 Å². The van der Waals surface area contributed by atoms with Crippen molar-refractivity contribution in [1.29, 1.82) is 0 Å². The van der Waals surface area contributed by atoms with E-state index in [1.165, 1.54) is 50.3 Å². The Kier molecular flexibility index (Phi) is 16.1. The van der Waals surface area contributed by atoms with Crippen molar-refractivity contribution in [1.82, 2.24) is 15.2 Å². The van der Waals surface area contributed by atoms with Crippen LogP contribution >= 0.6 is 11.3 Å². The molecule has 2 amide bonds. The Morgan fingerprint density at radius 2 is 1.41 bits per heavy atom. The van der Waals surface area contributed by atoms with Gasteiger partial charge >= 0.3 is 6.18 Å². The smallest absolute Gasteiger partial charge is 0.353 e. The van der Waals surface area contributed by atoms with E-state index in [9.17, 15) is 48.4 Å². The molecule has 3 N–H and O–H groups in total. The van der Waals surface area contributed by atoms with Gasteiger partial charge in [0.05, 0.1) is 40.4 Å². The first-order valence-corrected chi connectivity index (χ1v) is 24.8. The van der Waals surface area contributed by atoms with Crippen molar-refractivity contribution in [3.63, 3.8) is 0 Å². The predicted molar refractivity (Wildman–Crippen MR) is 228 cm³/mol. The summed E-state index contributed by atoms with van der Waals surface area (Å²) < 4.78 is 119. The molecule has 334 valence electrons. The Balaban J connectivity index is 1.47.